The van der Waals surface area contributed by atoms with E-state index >= 15 is 0 Å². The predicted molar refractivity (Wildman–Crippen MR) is 69.7 cm³/mol. The molecule has 1 nitrogen and oxygen atoms in total. The summed E-state index contributed by atoms with van der Waals surface area (Å²) in [4.78, 5) is 0. The summed E-state index contributed by atoms with van der Waals surface area (Å²) in [6.45, 7) is 11.0. The smallest absolute Gasteiger partial charge is 0.0490 e. The highest BCUT2D eigenvalue weighted by Gasteiger charge is 2.28. The van der Waals surface area contributed by atoms with Crippen molar-refractivity contribution < 1.29 is 5.11 Å². The maximum Gasteiger partial charge on any atom is 0.0490 e. The van der Waals surface area contributed by atoms with Crippen molar-refractivity contribution in [3.05, 3.63) is 34.9 Å². The maximum atomic E-state index is 9.58. The van der Waals surface area contributed by atoms with Crippen molar-refractivity contribution in [3.63, 3.8) is 0 Å². The van der Waals surface area contributed by atoms with E-state index in [-0.39, 0.29) is 12.0 Å². The molecule has 0 saturated heterocycles. The van der Waals surface area contributed by atoms with Crippen LogP contribution >= 0.6 is 0 Å². The first-order chi connectivity index (χ1) is 7.39. The van der Waals surface area contributed by atoms with Gasteiger partial charge >= 0.3 is 0 Å². The number of aryl methyl sites for hydroxylation is 2. The highest BCUT2D eigenvalue weighted by atomic mass is 16.3. The fourth-order valence-electron chi connectivity index (χ4n) is 1.87. The Morgan fingerprint density at radius 2 is 1.88 bits per heavy atom. The fraction of sp³-hybridized carbons (Fsp3) is 0.600. The molecule has 1 aromatic rings. The third-order valence-corrected chi connectivity index (χ3v) is 3.85. The fourth-order valence-corrected chi connectivity index (χ4v) is 1.87. The van der Waals surface area contributed by atoms with Gasteiger partial charge in [-0.3, -0.25) is 0 Å². The Morgan fingerprint density at radius 1 is 1.25 bits per heavy atom. The van der Waals surface area contributed by atoms with Gasteiger partial charge in [-0.25, -0.2) is 0 Å². The van der Waals surface area contributed by atoms with E-state index in [1.54, 1.807) is 0 Å². The topological polar surface area (TPSA) is 20.2 Å². The molecule has 0 aromatic heterocycles. The normalized spacial score (nSPS) is 15.2. The molecule has 0 fully saturated rings. The Bertz CT molecular complexity index is 354. The van der Waals surface area contributed by atoms with Crippen LogP contribution in [-0.2, 0) is 6.42 Å². The first-order valence-electron chi connectivity index (χ1n) is 6.06. The van der Waals surface area contributed by atoms with Crippen LogP contribution in [-0.4, -0.2) is 11.7 Å². The first kappa shape index (κ1) is 13.2. The molecule has 1 rings (SSSR count). The zero-order chi connectivity index (χ0) is 12.3. The number of hydrogen-bond donors (Lipinski definition) is 1. The zero-order valence-corrected chi connectivity index (χ0v) is 11.2. The van der Waals surface area contributed by atoms with Crippen LogP contribution in [0.1, 0.15) is 37.5 Å². The summed E-state index contributed by atoms with van der Waals surface area (Å²) >= 11 is 0. The highest BCUT2D eigenvalue weighted by molar-refractivity contribution is 5.31. The maximum absolute atomic E-state index is 9.58. The van der Waals surface area contributed by atoms with Gasteiger partial charge in [0.1, 0.15) is 0 Å². The van der Waals surface area contributed by atoms with Gasteiger partial charge in [-0.15, -0.1) is 0 Å². The van der Waals surface area contributed by atoms with Crippen molar-refractivity contribution in [1.82, 2.24) is 0 Å². The van der Waals surface area contributed by atoms with Crippen LogP contribution in [0.5, 0.6) is 0 Å². The number of aliphatic hydroxyl groups is 1. The lowest BCUT2D eigenvalue weighted by atomic mass is 9.74. The van der Waals surface area contributed by atoms with Crippen LogP contribution in [0.4, 0.5) is 0 Å². The summed E-state index contributed by atoms with van der Waals surface area (Å²) in [6.07, 6.45) is 0.953. The largest absolute Gasteiger partial charge is 0.396 e. The number of rotatable bonds is 4. The molecule has 0 radical (unpaired) electrons. The molecule has 1 atom stereocenters. The molecule has 1 N–H and O–H groups in total. The van der Waals surface area contributed by atoms with Crippen molar-refractivity contribution in [2.75, 3.05) is 6.61 Å². The molecular weight excluding hydrogens is 196 g/mol. The van der Waals surface area contributed by atoms with E-state index in [1.807, 2.05) is 0 Å². The molecule has 1 heteroatoms. The van der Waals surface area contributed by atoms with Gasteiger partial charge in [0.15, 0.2) is 0 Å². The van der Waals surface area contributed by atoms with Crippen molar-refractivity contribution in [2.45, 2.75) is 41.0 Å². The average molecular weight is 220 g/mol. The minimum atomic E-state index is -0.0153. The second-order valence-corrected chi connectivity index (χ2v) is 5.57. The van der Waals surface area contributed by atoms with E-state index in [9.17, 15) is 5.11 Å². The standard InChI is InChI=1S/C15H24O/c1-11(2)15(5,10-16)9-14-8-12(3)6-7-13(14)4/h6-8,11,16H,9-10H2,1-5H3. The molecule has 0 spiro atoms. The molecule has 0 bridgehead atoms. The van der Waals surface area contributed by atoms with Gasteiger partial charge in [-0.1, -0.05) is 44.5 Å². The average Bonchev–Trinajstić information content (AvgIpc) is 2.23. The zero-order valence-electron chi connectivity index (χ0n) is 11.2. The first-order valence-corrected chi connectivity index (χ1v) is 6.06. The van der Waals surface area contributed by atoms with Crippen LogP contribution in [0.3, 0.4) is 0 Å². The van der Waals surface area contributed by atoms with Crippen LogP contribution in [0.15, 0.2) is 18.2 Å². The third-order valence-electron chi connectivity index (χ3n) is 3.85. The van der Waals surface area contributed by atoms with Gasteiger partial charge in [0.05, 0.1) is 0 Å². The quantitative estimate of drug-likeness (QED) is 0.823. The molecule has 1 unspecified atom stereocenters. The molecule has 1 aromatic carbocycles. The molecule has 90 valence electrons. The molecule has 0 aliphatic rings. The highest BCUT2D eigenvalue weighted by Crippen LogP contribution is 2.31. The minimum absolute atomic E-state index is 0.0153. The number of benzene rings is 1. The lowest BCUT2D eigenvalue weighted by molar-refractivity contribution is 0.0946. The van der Waals surface area contributed by atoms with Crippen molar-refractivity contribution in [2.24, 2.45) is 11.3 Å². The Hall–Kier alpha value is -0.820. The van der Waals surface area contributed by atoms with Crippen molar-refractivity contribution >= 4 is 0 Å². The Labute approximate surface area is 99.5 Å². The predicted octanol–water partition coefficient (Wildman–Crippen LogP) is 3.50. The summed E-state index contributed by atoms with van der Waals surface area (Å²) in [5.74, 6) is 0.484. The van der Waals surface area contributed by atoms with E-state index in [0.29, 0.717) is 5.92 Å². The molecule has 0 heterocycles. The lowest BCUT2D eigenvalue weighted by Crippen LogP contribution is -2.30. The van der Waals surface area contributed by atoms with Crippen molar-refractivity contribution in [1.29, 1.82) is 0 Å². The van der Waals surface area contributed by atoms with Crippen LogP contribution in [0.2, 0.25) is 0 Å². The summed E-state index contributed by atoms with van der Waals surface area (Å²) < 4.78 is 0. The Balaban J connectivity index is 2.98. The molecule has 16 heavy (non-hydrogen) atoms. The second kappa shape index (κ2) is 5.01. The molecule has 0 aliphatic heterocycles. The number of aliphatic hydroxyl groups excluding tert-OH is 1. The minimum Gasteiger partial charge on any atom is -0.396 e. The summed E-state index contributed by atoms with van der Waals surface area (Å²) in [7, 11) is 0. The Morgan fingerprint density at radius 3 is 2.38 bits per heavy atom. The Kier molecular flexibility index (Phi) is 4.15. The van der Waals surface area contributed by atoms with E-state index in [2.05, 4.69) is 52.8 Å². The van der Waals surface area contributed by atoms with Gasteiger partial charge in [0, 0.05) is 6.61 Å². The van der Waals surface area contributed by atoms with Gasteiger partial charge in [0.25, 0.3) is 0 Å². The van der Waals surface area contributed by atoms with Gasteiger partial charge in [-0.05, 0) is 42.7 Å². The summed E-state index contributed by atoms with van der Waals surface area (Å²) in [6, 6.07) is 6.55. The van der Waals surface area contributed by atoms with Crippen LogP contribution in [0.25, 0.3) is 0 Å². The molecule has 0 saturated carbocycles. The van der Waals surface area contributed by atoms with Gasteiger partial charge < -0.3 is 5.11 Å². The van der Waals surface area contributed by atoms with E-state index in [4.69, 9.17) is 0 Å². The second-order valence-electron chi connectivity index (χ2n) is 5.57. The lowest BCUT2D eigenvalue weighted by Gasteiger charge is -2.32. The SMILES string of the molecule is Cc1ccc(C)c(CC(C)(CO)C(C)C)c1. The van der Waals surface area contributed by atoms with Crippen LogP contribution < -0.4 is 0 Å². The monoisotopic (exact) mass is 220 g/mol. The molecule has 0 amide bonds. The van der Waals surface area contributed by atoms with E-state index < -0.39 is 0 Å². The number of hydrogen-bond acceptors (Lipinski definition) is 1. The van der Waals surface area contributed by atoms with Crippen LogP contribution in [0, 0.1) is 25.2 Å². The van der Waals surface area contributed by atoms with E-state index in [1.165, 1.54) is 16.7 Å². The van der Waals surface area contributed by atoms with Gasteiger partial charge in [-0.2, -0.15) is 0 Å². The van der Waals surface area contributed by atoms with Crippen molar-refractivity contribution in [3.8, 4) is 0 Å². The molecule has 0 aliphatic carbocycles. The molecular formula is C15H24O. The van der Waals surface area contributed by atoms with E-state index in [0.717, 1.165) is 6.42 Å². The summed E-state index contributed by atoms with van der Waals surface area (Å²) in [5, 5.41) is 9.58. The summed E-state index contributed by atoms with van der Waals surface area (Å²) in [5.41, 5.74) is 3.97. The van der Waals surface area contributed by atoms with Gasteiger partial charge in [0.2, 0.25) is 0 Å². The third kappa shape index (κ3) is 2.85.